The number of carboxylic acids is 1. The molecule has 50 valence electrons. The summed E-state index contributed by atoms with van der Waals surface area (Å²) in [6.07, 6.45) is 0. The van der Waals surface area contributed by atoms with Crippen LogP contribution in [0.3, 0.4) is 0 Å². The molecule has 0 aromatic carbocycles. The predicted molar refractivity (Wildman–Crippen MR) is 19.1 cm³/mol. The summed E-state index contributed by atoms with van der Waals surface area (Å²) in [6, 6.07) is -4.44. The molecule has 0 N–H and O–H groups in total. The number of azide groups is 1. The molecule has 9 heavy (non-hydrogen) atoms. The van der Waals surface area contributed by atoms with Crippen LogP contribution >= 0.6 is 0 Å². The number of carbonyl (C=O) groups is 1. The number of hydrogen-bond acceptors (Lipinski definition) is 3. The Morgan fingerprint density at radius 3 is 2.33 bits per heavy atom. The van der Waals surface area contributed by atoms with Crippen LogP contribution in [0.25, 0.3) is 10.4 Å². The summed E-state index contributed by atoms with van der Waals surface area (Å²) in [5.74, 6) is -2.71. The highest BCUT2D eigenvalue weighted by Crippen LogP contribution is 2.12. The molecule has 7 heteroatoms. The molecule has 0 aliphatic carbocycles. The lowest BCUT2D eigenvalue weighted by Gasteiger charge is -2.08. The molecule has 0 fully saturated rings. The van der Waals surface area contributed by atoms with Crippen molar-refractivity contribution in [1.82, 2.24) is 0 Å². The fraction of sp³-hybridized carbons (Fsp3) is 0.500. The number of carboxylic acid groups (broad SMARTS) is 1. The van der Waals surface area contributed by atoms with Gasteiger partial charge in [-0.15, -0.1) is 0 Å². The summed E-state index contributed by atoms with van der Waals surface area (Å²) in [5, 5.41) is 10.9. The van der Waals surface area contributed by atoms with Crippen molar-refractivity contribution >= 4 is 5.97 Å². The Hall–Kier alpha value is -1.36. The summed E-state index contributed by atoms with van der Waals surface area (Å²) < 4.78 is 22.9. The maximum Gasteiger partial charge on any atom is 0.364 e. The van der Waals surface area contributed by atoms with Crippen molar-refractivity contribution in [2.75, 3.05) is 0 Å². The second kappa shape index (κ2) is 2.27. The molecule has 0 spiro atoms. The van der Waals surface area contributed by atoms with E-state index in [1.807, 2.05) is 0 Å². The lowest BCUT2D eigenvalue weighted by atomic mass is 10.6. The Morgan fingerprint density at radius 2 is 2.22 bits per heavy atom. The molecular weight excluding hydrogens is 136 g/mol. The summed E-state index contributed by atoms with van der Waals surface area (Å²) in [5.41, 5.74) is 7.34. The van der Waals surface area contributed by atoms with E-state index in [0.717, 1.165) is 0 Å². The van der Waals surface area contributed by atoms with Crippen molar-refractivity contribution < 1.29 is 18.7 Å². The van der Waals surface area contributed by atoms with Crippen LogP contribution in [0.4, 0.5) is 8.78 Å². The van der Waals surface area contributed by atoms with E-state index in [4.69, 9.17) is 5.53 Å². The van der Waals surface area contributed by atoms with E-state index < -0.39 is 12.0 Å². The Balaban J connectivity index is 4.37. The number of nitrogens with zero attached hydrogens (tertiary/aromatic N) is 3. The number of aliphatic carboxylic acids is 1. The zero-order valence-electron chi connectivity index (χ0n) is 3.91. The Kier molecular flexibility index (Phi) is 1.93. The Morgan fingerprint density at radius 1 is 1.78 bits per heavy atom. The fourth-order valence-corrected chi connectivity index (χ4v) is 0.0970. The maximum atomic E-state index is 11.5. The highest BCUT2D eigenvalue weighted by molar-refractivity contribution is 5.72. The van der Waals surface area contributed by atoms with Gasteiger partial charge in [-0.25, -0.2) is 0 Å². The van der Waals surface area contributed by atoms with E-state index in [-0.39, 0.29) is 0 Å². The van der Waals surface area contributed by atoms with Crippen LogP contribution in [0.1, 0.15) is 0 Å². The molecule has 0 heterocycles. The van der Waals surface area contributed by atoms with E-state index >= 15 is 0 Å². The molecule has 0 aliphatic heterocycles. The lowest BCUT2D eigenvalue weighted by Crippen LogP contribution is -2.39. The first-order valence-corrected chi connectivity index (χ1v) is 1.66. The van der Waals surface area contributed by atoms with Crippen molar-refractivity contribution in [3.05, 3.63) is 10.4 Å². The van der Waals surface area contributed by atoms with E-state index in [2.05, 4.69) is 0 Å². The molecule has 0 amide bonds. The van der Waals surface area contributed by atoms with Gasteiger partial charge in [0.15, 0.2) is 0 Å². The summed E-state index contributed by atoms with van der Waals surface area (Å²) in [6.45, 7) is 0. The average molecular weight is 136 g/mol. The molecule has 0 unspecified atom stereocenters. The van der Waals surface area contributed by atoms with Crippen LogP contribution in [0.2, 0.25) is 0 Å². The zero-order valence-corrected chi connectivity index (χ0v) is 3.91. The van der Waals surface area contributed by atoms with E-state index in [0.29, 0.717) is 0 Å². The van der Waals surface area contributed by atoms with Gasteiger partial charge in [-0.2, -0.15) is 8.78 Å². The predicted octanol–water partition coefficient (Wildman–Crippen LogP) is -0.361. The van der Waals surface area contributed by atoms with Crippen molar-refractivity contribution in [3.8, 4) is 0 Å². The monoisotopic (exact) mass is 136 g/mol. The largest absolute Gasteiger partial charge is 0.544 e. The number of halogens is 2. The molecule has 0 radical (unpaired) electrons. The van der Waals surface area contributed by atoms with Gasteiger partial charge < -0.3 is 9.90 Å². The topological polar surface area (TPSA) is 88.9 Å². The number of alkyl halides is 2. The van der Waals surface area contributed by atoms with E-state index in [1.54, 1.807) is 10.0 Å². The van der Waals surface area contributed by atoms with Gasteiger partial charge in [-0.3, -0.25) is 0 Å². The molecule has 0 bridgehead atoms. The van der Waals surface area contributed by atoms with Gasteiger partial charge in [0.25, 0.3) is 0 Å². The van der Waals surface area contributed by atoms with Crippen LogP contribution in [-0.4, -0.2) is 12.0 Å². The van der Waals surface area contributed by atoms with Crippen LogP contribution in [0.15, 0.2) is 5.11 Å². The highest BCUT2D eigenvalue weighted by Gasteiger charge is 2.28. The van der Waals surface area contributed by atoms with Crippen LogP contribution in [-0.2, 0) is 4.79 Å². The fourth-order valence-electron chi connectivity index (χ4n) is 0.0970. The van der Waals surface area contributed by atoms with Crippen LogP contribution < -0.4 is 5.11 Å². The Bertz CT molecular complexity index is 169. The quantitative estimate of drug-likeness (QED) is 0.224. The van der Waals surface area contributed by atoms with Crippen molar-refractivity contribution in [2.45, 2.75) is 6.05 Å². The molecule has 0 atom stereocenters. The number of rotatable bonds is 2. The second-order valence-electron chi connectivity index (χ2n) is 1.02. The first-order chi connectivity index (χ1) is 4.00. The normalized spacial score (nSPS) is 10.0. The van der Waals surface area contributed by atoms with Crippen molar-refractivity contribution in [3.63, 3.8) is 0 Å². The van der Waals surface area contributed by atoms with E-state index in [9.17, 15) is 18.7 Å². The third-order valence-electron chi connectivity index (χ3n) is 0.416. The number of carbonyl (C=O) groups excluding carboxylic acids is 1. The second-order valence-corrected chi connectivity index (χ2v) is 1.02. The van der Waals surface area contributed by atoms with Gasteiger partial charge in [0.1, 0.15) is 5.97 Å². The molecule has 5 nitrogen and oxygen atoms in total. The minimum Gasteiger partial charge on any atom is -0.544 e. The van der Waals surface area contributed by atoms with E-state index in [1.165, 1.54) is 0 Å². The molecule has 0 saturated carbocycles. The first-order valence-electron chi connectivity index (χ1n) is 1.66. The Labute approximate surface area is 47.5 Å². The minimum atomic E-state index is -4.44. The zero-order chi connectivity index (χ0) is 7.49. The standard InChI is InChI=1S/C2HF2N3O2/c3-2(4,1(8)9)6-7-5/h(H,8,9)/p-1. The first kappa shape index (κ1) is 7.64. The van der Waals surface area contributed by atoms with Gasteiger partial charge in [0.05, 0.1) is 0 Å². The SMILES string of the molecule is [N-]=[N+]=NC(F)(F)C(=O)[O-]. The third-order valence-corrected chi connectivity index (χ3v) is 0.416. The highest BCUT2D eigenvalue weighted by atomic mass is 19.3. The summed E-state index contributed by atoms with van der Waals surface area (Å²) in [4.78, 5) is 10.9. The molecule has 0 aliphatic rings. The van der Waals surface area contributed by atoms with Crippen LogP contribution in [0.5, 0.6) is 0 Å². The maximum absolute atomic E-state index is 11.5. The van der Waals surface area contributed by atoms with Crippen molar-refractivity contribution in [1.29, 1.82) is 0 Å². The molecule has 0 aromatic rings. The molecular formula is C2F2N3O2-. The van der Waals surface area contributed by atoms with Gasteiger partial charge in [-0.05, 0) is 10.6 Å². The molecule has 0 rings (SSSR count). The third kappa shape index (κ3) is 1.92. The summed E-state index contributed by atoms with van der Waals surface area (Å²) in [7, 11) is 0. The molecule has 0 aromatic heterocycles. The summed E-state index contributed by atoms with van der Waals surface area (Å²) >= 11 is 0. The average Bonchev–Trinajstić information content (AvgIpc) is 1.65. The van der Waals surface area contributed by atoms with Crippen molar-refractivity contribution in [2.24, 2.45) is 5.11 Å². The molecule has 0 saturated heterocycles. The number of hydrogen-bond donors (Lipinski definition) is 0. The van der Waals surface area contributed by atoms with Gasteiger partial charge >= 0.3 is 6.05 Å². The smallest absolute Gasteiger partial charge is 0.364 e. The lowest BCUT2D eigenvalue weighted by molar-refractivity contribution is -0.328. The van der Waals surface area contributed by atoms with Gasteiger partial charge in [-0.1, -0.05) is 0 Å². The van der Waals surface area contributed by atoms with Gasteiger partial charge in [0, 0.05) is 4.91 Å². The van der Waals surface area contributed by atoms with Gasteiger partial charge in [0.2, 0.25) is 0 Å². The van der Waals surface area contributed by atoms with Crippen LogP contribution in [0, 0.1) is 0 Å². The minimum absolute atomic E-state index is 1.58.